The molecule has 1 aromatic rings. The van der Waals surface area contributed by atoms with E-state index in [1.54, 1.807) is 12.1 Å². The van der Waals surface area contributed by atoms with Gasteiger partial charge in [-0.3, -0.25) is 10.1 Å². The topological polar surface area (TPSA) is 81.2 Å². The van der Waals surface area contributed by atoms with Gasteiger partial charge in [0.2, 0.25) is 0 Å². The monoisotopic (exact) mass is 347 g/mol. The molecule has 1 aromatic carbocycles. The first kappa shape index (κ1) is 12.6. The molecule has 0 bridgehead atoms. The van der Waals surface area contributed by atoms with Crippen molar-refractivity contribution in [3.05, 3.63) is 31.9 Å². The van der Waals surface area contributed by atoms with Crippen molar-refractivity contribution in [3.63, 3.8) is 0 Å². The molecule has 0 aromatic heterocycles. The van der Waals surface area contributed by atoms with Crippen LogP contribution < -0.4 is 11.1 Å². The van der Waals surface area contributed by atoms with Gasteiger partial charge in [-0.15, -0.1) is 0 Å². The summed E-state index contributed by atoms with van der Waals surface area (Å²) < 4.78 is 0.853. The van der Waals surface area contributed by atoms with Gasteiger partial charge in [-0.25, -0.2) is 0 Å². The molecule has 1 aliphatic rings. The number of benzene rings is 1. The quantitative estimate of drug-likeness (QED) is 0.498. The van der Waals surface area contributed by atoms with E-state index >= 15 is 0 Å². The third kappa shape index (κ3) is 2.86. The SMILES string of the molecule is NC1(CNc2ccc(I)cc2[N+](=O)[O-])CCC1. The Labute approximate surface area is 113 Å². The zero-order valence-corrected chi connectivity index (χ0v) is 11.4. The highest BCUT2D eigenvalue weighted by atomic mass is 127. The van der Waals surface area contributed by atoms with Crippen LogP contribution in [0, 0.1) is 13.7 Å². The van der Waals surface area contributed by atoms with Gasteiger partial charge in [0.15, 0.2) is 0 Å². The lowest BCUT2D eigenvalue weighted by atomic mass is 9.78. The van der Waals surface area contributed by atoms with Crippen molar-refractivity contribution in [2.75, 3.05) is 11.9 Å². The molecule has 6 heteroatoms. The van der Waals surface area contributed by atoms with Crippen LogP contribution in [0.15, 0.2) is 18.2 Å². The Bertz CT molecular complexity index is 446. The van der Waals surface area contributed by atoms with Crippen molar-refractivity contribution in [1.29, 1.82) is 0 Å². The first-order chi connectivity index (χ1) is 8.00. The number of anilines is 1. The molecule has 1 saturated carbocycles. The Morgan fingerprint density at radius 3 is 2.76 bits per heavy atom. The van der Waals surface area contributed by atoms with E-state index in [1.807, 2.05) is 6.07 Å². The predicted octanol–water partition coefficient (Wildman–Crippen LogP) is 2.49. The Balaban J connectivity index is 2.12. The fourth-order valence-electron chi connectivity index (χ4n) is 1.88. The number of nitro groups is 1. The molecule has 3 N–H and O–H groups in total. The zero-order valence-electron chi connectivity index (χ0n) is 9.28. The largest absolute Gasteiger partial charge is 0.378 e. The van der Waals surface area contributed by atoms with E-state index in [0.29, 0.717) is 12.2 Å². The maximum Gasteiger partial charge on any atom is 0.293 e. The third-order valence-electron chi connectivity index (χ3n) is 3.14. The van der Waals surface area contributed by atoms with Gasteiger partial charge >= 0.3 is 0 Å². The van der Waals surface area contributed by atoms with Crippen molar-refractivity contribution in [2.24, 2.45) is 5.73 Å². The summed E-state index contributed by atoms with van der Waals surface area (Å²) in [5.74, 6) is 0. The average molecular weight is 347 g/mol. The van der Waals surface area contributed by atoms with E-state index in [2.05, 4.69) is 27.9 Å². The molecule has 2 rings (SSSR count). The van der Waals surface area contributed by atoms with Crippen LogP contribution in [0.2, 0.25) is 0 Å². The van der Waals surface area contributed by atoms with Crippen molar-refractivity contribution < 1.29 is 4.92 Å². The van der Waals surface area contributed by atoms with Gasteiger partial charge in [0.1, 0.15) is 5.69 Å². The second-order valence-corrected chi connectivity index (χ2v) is 5.73. The molecular weight excluding hydrogens is 333 g/mol. The summed E-state index contributed by atoms with van der Waals surface area (Å²) in [6.45, 7) is 0.592. The number of halogens is 1. The first-order valence-electron chi connectivity index (χ1n) is 5.47. The van der Waals surface area contributed by atoms with E-state index < -0.39 is 0 Å². The molecule has 1 fully saturated rings. The van der Waals surface area contributed by atoms with E-state index in [1.165, 1.54) is 0 Å². The van der Waals surface area contributed by atoms with Gasteiger partial charge < -0.3 is 11.1 Å². The summed E-state index contributed by atoms with van der Waals surface area (Å²) in [5.41, 5.74) is 6.55. The number of nitrogens with two attached hydrogens (primary N) is 1. The summed E-state index contributed by atoms with van der Waals surface area (Å²) in [7, 11) is 0. The summed E-state index contributed by atoms with van der Waals surface area (Å²) in [4.78, 5) is 10.5. The molecule has 0 amide bonds. The number of nitro benzene ring substituents is 1. The Hall–Kier alpha value is -0.890. The lowest BCUT2D eigenvalue weighted by Gasteiger charge is -2.38. The van der Waals surface area contributed by atoms with Crippen LogP contribution in [0.4, 0.5) is 11.4 Å². The van der Waals surface area contributed by atoms with Crippen LogP contribution in [0.3, 0.4) is 0 Å². The van der Waals surface area contributed by atoms with Crippen LogP contribution in [-0.4, -0.2) is 17.0 Å². The fraction of sp³-hybridized carbons (Fsp3) is 0.455. The summed E-state index contributed by atoms with van der Waals surface area (Å²) in [6, 6.07) is 5.15. The molecule has 0 aliphatic heterocycles. The molecule has 0 atom stereocenters. The predicted molar refractivity (Wildman–Crippen MR) is 75.1 cm³/mol. The van der Waals surface area contributed by atoms with Gasteiger partial charge in [-0.05, 0) is 54.0 Å². The van der Waals surface area contributed by atoms with Crippen molar-refractivity contribution in [2.45, 2.75) is 24.8 Å². The maximum atomic E-state index is 10.9. The smallest absolute Gasteiger partial charge is 0.293 e. The molecule has 92 valence electrons. The maximum absolute atomic E-state index is 10.9. The number of hydrogen-bond acceptors (Lipinski definition) is 4. The Morgan fingerprint density at radius 1 is 1.53 bits per heavy atom. The normalized spacial score (nSPS) is 17.3. The van der Waals surface area contributed by atoms with E-state index in [4.69, 9.17) is 5.73 Å². The molecule has 0 unspecified atom stereocenters. The first-order valence-corrected chi connectivity index (χ1v) is 6.55. The van der Waals surface area contributed by atoms with Gasteiger partial charge in [-0.1, -0.05) is 0 Å². The molecule has 17 heavy (non-hydrogen) atoms. The fourth-order valence-corrected chi connectivity index (χ4v) is 2.36. The highest BCUT2D eigenvalue weighted by molar-refractivity contribution is 14.1. The third-order valence-corrected chi connectivity index (χ3v) is 3.81. The second kappa shape index (κ2) is 4.77. The lowest BCUT2D eigenvalue weighted by molar-refractivity contribution is -0.384. The number of nitrogens with zero attached hydrogens (tertiary/aromatic N) is 1. The van der Waals surface area contributed by atoms with Crippen LogP contribution in [0.1, 0.15) is 19.3 Å². The second-order valence-electron chi connectivity index (χ2n) is 4.49. The number of nitrogens with one attached hydrogen (secondary N) is 1. The lowest BCUT2D eigenvalue weighted by Crippen LogP contribution is -2.52. The van der Waals surface area contributed by atoms with Crippen LogP contribution >= 0.6 is 22.6 Å². The van der Waals surface area contributed by atoms with Crippen molar-refractivity contribution in [1.82, 2.24) is 0 Å². The molecule has 0 radical (unpaired) electrons. The average Bonchev–Trinajstić information content (AvgIpc) is 2.24. The summed E-state index contributed by atoms with van der Waals surface area (Å²) in [5, 5.41) is 14.0. The van der Waals surface area contributed by atoms with Crippen molar-refractivity contribution >= 4 is 34.0 Å². The Kier molecular flexibility index (Phi) is 3.53. The molecular formula is C11H14IN3O2. The van der Waals surface area contributed by atoms with Gasteiger partial charge in [0.05, 0.1) is 4.92 Å². The molecule has 0 spiro atoms. The zero-order chi connectivity index (χ0) is 12.5. The number of hydrogen-bond donors (Lipinski definition) is 2. The highest BCUT2D eigenvalue weighted by Gasteiger charge is 2.32. The molecule has 0 heterocycles. The number of rotatable bonds is 4. The van der Waals surface area contributed by atoms with Crippen LogP contribution in [0.25, 0.3) is 0 Å². The standard InChI is InChI=1S/C11H14IN3O2/c12-8-2-3-9(10(6-8)15(16)17)14-7-11(13)4-1-5-11/h2-3,6,14H,1,4-5,7,13H2. The minimum absolute atomic E-state index is 0.111. The van der Waals surface area contributed by atoms with E-state index in [0.717, 1.165) is 22.8 Å². The Morgan fingerprint density at radius 2 is 2.24 bits per heavy atom. The summed E-state index contributed by atoms with van der Waals surface area (Å²) >= 11 is 2.06. The van der Waals surface area contributed by atoms with Gasteiger partial charge in [-0.2, -0.15) is 0 Å². The molecule has 0 saturated heterocycles. The van der Waals surface area contributed by atoms with Gasteiger partial charge in [0.25, 0.3) is 5.69 Å². The van der Waals surface area contributed by atoms with E-state index in [9.17, 15) is 10.1 Å². The van der Waals surface area contributed by atoms with Crippen LogP contribution in [-0.2, 0) is 0 Å². The van der Waals surface area contributed by atoms with Crippen molar-refractivity contribution in [3.8, 4) is 0 Å². The minimum atomic E-state index is -0.367. The van der Waals surface area contributed by atoms with Gasteiger partial charge in [0, 0.05) is 21.7 Å². The summed E-state index contributed by atoms with van der Waals surface area (Å²) in [6.07, 6.45) is 3.11. The highest BCUT2D eigenvalue weighted by Crippen LogP contribution is 2.31. The van der Waals surface area contributed by atoms with E-state index in [-0.39, 0.29) is 16.1 Å². The molecule has 1 aliphatic carbocycles. The van der Waals surface area contributed by atoms with Crippen LogP contribution in [0.5, 0.6) is 0 Å². The molecule has 5 nitrogen and oxygen atoms in total. The minimum Gasteiger partial charge on any atom is -0.378 e.